The molecule has 0 spiro atoms. The fourth-order valence-corrected chi connectivity index (χ4v) is 13.8. The van der Waals surface area contributed by atoms with E-state index in [1.165, 1.54) is 84.0 Å². The number of aromatic nitrogens is 16. The number of nitrogens with one attached hydrogen (secondary N) is 10. The number of carboxylic acids is 4. The summed E-state index contributed by atoms with van der Waals surface area (Å²) in [6.07, 6.45) is 10.7. The third-order valence-electron chi connectivity index (χ3n) is 22.2. The molecule has 56 heteroatoms. The molecule has 0 aliphatic carbocycles. The minimum Gasteiger partial charge on any atom is -0.480 e. The van der Waals surface area contributed by atoms with Gasteiger partial charge >= 0.3 is 29.8 Å². The van der Waals surface area contributed by atoms with E-state index >= 15 is 0 Å². The Morgan fingerprint density at radius 1 is 0.527 bits per heavy atom. The molecule has 0 fully saturated rings. The molecule has 54 nitrogen and oxygen atoms in total. The number of hydrogen-bond donors (Lipinski definition) is 14. The highest BCUT2D eigenvalue weighted by Gasteiger charge is 2.29. The van der Waals surface area contributed by atoms with Crippen LogP contribution in [0.15, 0.2) is 138 Å². The molecule has 8 unspecified atom stereocenters. The monoisotopic (exact) mass is 2110 g/mol. The number of nitro groups is 2. The van der Waals surface area contributed by atoms with Crippen molar-refractivity contribution in [1.29, 1.82) is 0 Å². The van der Waals surface area contributed by atoms with Crippen molar-refractivity contribution in [2.75, 3.05) is 134 Å². The van der Waals surface area contributed by atoms with Crippen LogP contribution in [-0.4, -0.2) is 251 Å². The Morgan fingerprint density at radius 2 is 1.03 bits per heavy atom. The number of aryl methyl sites for hydroxylation is 2. The van der Waals surface area contributed by atoms with E-state index < -0.39 is 58.4 Å². The van der Waals surface area contributed by atoms with E-state index in [1.54, 1.807) is 59.1 Å². The maximum absolute atomic E-state index is 11.6. The van der Waals surface area contributed by atoms with Gasteiger partial charge in [-0.25, -0.2) is 19.3 Å². The van der Waals surface area contributed by atoms with Gasteiger partial charge in [-0.3, -0.25) is 34.6 Å². The van der Waals surface area contributed by atoms with Gasteiger partial charge in [-0.15, -0.1) is 51.1 Å². The highest BCUT2D eigenvalue weighted by Crippen LogP contribution is 2.41. The first-order chi connectivity index (χ1) is 72.0. The molecule has 11 aromatic rings. The largest absolute Gasteiger partial charge is 0.480 e. The number of ether oxygens (including phenoxy) is 4. The number of benzene rings is 3. The smallest absolute Gasteiger partial charge is 0.417 e. The first-order valence-electron chi connectivity index (χ1n) is 47.8. The zero-order valence-electron chi connectivity index (χ0n) is 86.1. The molecular weight excluding hydrogens is 1980 g/mol. The second-order valence-electron chi connectivity index (χ2n) is 33.5. The maximum Gasteiger partial charge on any atom is 0.417 e. The first kappa shape index (κ1) is 119. The molecule has 0 saturated carbocycles. The van der Waals surface area contributed by atoms with E-state index in [0.29, 0.717) is 132 Å². The van der Waals surface area contributed by atoms with Crippen molar-refractivity contribution in [2.45, 2.75) is 191 Å². The maximum atomic E-state index is 11.6. The topological polar surface area (TPSA) is 683 Å². The third kappa shape index (κ3) is 36.5. The average Bonchev–Trinajstić information content (AvgIpc) is 1.45. The Bertz CT molecular complexity index is 6420. The predicted octanol–water partition coefficient (Wildman–Crippen LogP) is 20.1. The van der Waals surface area contributed by atoms with E-state index in [-0.39, 0.29) is 98.9 Å². The lowest BCUT2D eigenvalue weighted by molar-refractivity contribution is -0.385. The summed E-state index contributed by atoms with van der Waals surface area (Å²) in [5, 5.41) is 142. The second kappa shape index (κ2) is 61.1. The summed E-state index contributed by atoms with van der Waals surface area (Å²) in [6, 6.07) is 20.1. The van der Waals surface area contributed by atoms with Crippen LogP contribution in [0, 0.1) is 59.1 Å². The SMILES string of the molecule is CCC(C)Nc1cc(C)c(N=Nc2nc(-c3ccccc3)nn2-c2ccc([N+](=O)[O-])cc2)c(NC(C)C(=O)O)n1.CCCCC(CC)CNc1nc(NC(C)C(=O)O)cc(C)c1N=Nc1nncs1.COC(C)CNc1nc(NC(C)C(=O)O)nc(NCC(C)OC)c1N=Nc1ncnn1-c1ccc([N+](=O)[O-])cc1Cl.[C-]#[N+]c1nc(N=Nc2c(NCCOC)nc(NCC(CC)CCCC)nc2NCCOC)n(CC(=O)O)c1[N+]#[C-]. The molecule has 8 atom stereocenters. The molecule has 0 saturated heterocycles. The van der Waals surface area contributed by atoms with Gasteiger partial charge in [0.2, 0.25) is 11.9 Å². The number of azo groups is 4. The molecule has 0 radical (unpaired) electrons. The standard InChI is InChI=1S/C27H29N9O4.C25H37N11O4.C23H30ClN11O6.C19H29N7O2S/c1-5-17(3)28-22-15-16(2)23(25(30-22)29-18(4)26(37)38)32-33-27-31-24(19-9-7-6-8-10-19)34-35(27)20-11-13-21(14-12-20)36(39)40;1-7-9-10-17(8-2)15-30-24-31-20(28-11-13-39-5)19(21(32-24)29-12-14-40-6)34-35-25-33-22(26-3)23(27-4)36(25)16-18(37)38;1-12(40-4)9-25-19-18(20(26-10-13(2)41-5)31-22(30-19)29-14(3)21(36)37)32-33-23-27-11-28-34(23)17-7-6-15(35(38)39)8-16(17)24;1-5-7-8-14(6-2)10-20-17-16(24-26-19-25-21-11-29-19)12(3)9-15(23-17)22-13(4)18(27)28/h6-15,17-18H,5H2,1-4H3,(H,37,38)(H2,28,29,30);17H,7-16H2,1-2,5-6H3,(H,37,38)(H3,28,29,30,31,32);6-8,11-14H,9-10H2,1-5H3,(H,36,37)(H3,25,26,29,30,31);9,11,13-14H,5-8,10H2,1-4H3,(H,27,28)(H2,20,22,23). The summed E-state index contributed by atoms with van der Waals surface area (Å²) in [6.45, 7) is 42.5. The van der Waals surface area contributed by atoms with E-state index in [9.17, 15) is 54.7 Å². The number of hydrogen-bond acceptors (Lipinski definition) is 44. The summed E-state index contributed by atoms with van der Waals surface area (Å²) in [5.74, 6) is -0.0251. The highest BCUT2D eigenvalue weighted by atomic mass is 35.5. The van der Waals surface area contributed by atoms with Crippen LogP contribution in [0.2, 0.25) is 5.02 Å². The Morgan fingerprint density at radius 3 is 1.54 bits per heavy atom. The Kier molecular flexibility index (Phi) is 48.3. The van der Waals surface area contributed by atoms with Crippen molar-refractivity contribution in [3.63, 3.8) is 0 Å². The number of imidazole rings is 1. The van der Waals surface area contributed by atoms with Crippen molar-refractivity contribution in [2.24, 2.45) is 52.7 Å². The van der Waals surface area contributed by atoms with Gasteiger partial charge < -0.3 is 102 Å². The van der Waals surface area contributed by atoms with Gasteiger partial charge in [0.1, 0.15) is 53.0 Å². The average molecular weight is 2110 g/mol. The Labute approximate surface area is 873 Å². The summed E-state index contributed by atoms with van der Waals surface area (Å²) in [4.78, 5) is 113. The van der Waals surface area contributed by atoms with Crippen LogP contribution in [0.3, 0.4) is 0 Å². The molecule has 14 N–H and O–H groups in total. The first-order valence-corrected chi connectivity index (χ1v) is 49.0. The Hall–Kier alpha value is -16.6. The van der Waals surface area contributed by atoms with Gasteiger partial charge in [-0.2, -0.15) is 44.4 Å². The van der Waals surface area contributed by atoms with Gasteiger partial charge in [0.05, 0.1) is 51.7 Å². The number of carboxylic acid groups (broad SMARTS) is 4. The van der Waals surface area contributed by atoms with Gasteiger partial charge in [-0.05, 0) is 128 Å². The van der Waals surface area contributed by atoms with Crippen LogP contribution in [0.4, 0.5) is 127 Å². The predicted molar refractivity (Wildman–Crippen MR) is 567 cm³/mol. The zero-order valence-corrected chi connectivity index (χ0v) is 87.7. The van der Waals surface area contributed by atoms with E-state index in [2.05, 4.69) is 197 Å². The molecular formula is C94H125ClN38O16S. The number of rotatable bonds is 57. The number of unbranched alkanes of at least 4 members (excludes halogenated alkanes) is 2. The number of halogens is 1. The molecule has 8 heterocycles. The number of anilines is 10. The van der Waals surface area contributed by atoms with Crippen molar-refractivity contribution in [3.05, 3.63) is 156 Å². The van der Waals surface area contributed by atoms with Crippen molar-refractivity contribution >= 4 is 174 Å². The van der Waals surface area contributed by atoms with Gasteiger partial charge in [-0.1, -0.05) is 150 Å². The summed E-state index contributed by atoms with van der Waals surface area (Å²) >= 11 is 7.58. The Balaban J connectivity index is 0.000000245. The number of methoxy groups -OCH3 is 4. The van der Waals surface area contributed by atoms with Gasteiger partial charge in [0.15, 0.2) is 58.7 Å². The van der Waals surface area contributed by atoms with Crippen molar-refractivity contribution in [3.8, 4) is 22.8 Å². The quantitative estimate of drug-likeness (QED) is 0.00553. The van der Waals surface area contributed by atoms with E-state index in [0.717, 1.165) is 67.2 Å². The number of pyridine rings is 2. The van der Waals surface area contributed by atoms with Gasteiger partial charge in [0, 0.05) is 104 Å². The van der Waals surface area contributed by atoms with Crippen molar-refractivity contribution < 1.29 is 68.4 Å². The molecule has 0 amide bonds. The molecule has 150 heavy (non-hydrogen) atoms. The summed E-state index contributed by atoms with van der Waals surface area (Å²) < 4.78 is 24.7. The van der Waals surface area contributed by atoms with E-state index in [4.69, 9.17) is 48.8 Å². The summed E-state index contributed by atoms with van der Waals surface area (Å²) in [5.41, 5.74) is 5.77. The fraction of sp³-hybridized carbons (Fsp3) is 0.457. The molecule has 0 aliphatic heterocycles. The normalized spacial score (nSPS) is 12.8. The number of aliphatic carboxylic acids is 4. The van der Waals surface area contributed by atoms with Crippen LogP contribution in [-0.2, 0) is 44.7 Å². The van der Waals surface area contributed by atoms with Gasteiger partial charge in [0.25, 0.3) is 40.0 Å². The lowest BCUT2D eigenvalue weighted by Crippen LogP contribution is -2.27. The molecule has 0 bridgehead atoms. The number of nitro benzene ring substituents is 2. The van der Waals surface area contributed by atoms with Crippen molar-refractivity contribution in [1.82, 2.24) is 79.2 Å². The number of carbonyl (C=O) groups is 4. The second-order valence-corrected chi connectivity index (χ2v) is 34.7. The molecule has 11 rings (SSSR count). The number of nitrogens with zero attached hydrogens (tertiary/aromatic N) is 28. The summed E-state index contributed by atoms with van der Waals surface area (Å²) in [7, 11) is 6.29. The highest BCUT2D eigenvalue weighted by molar-refractivity contribution is 7.13. The van der Waals surface area contributed by atoms with Crippen LogP contribution in [0.1, 0.15) is 145 Å². The molecule has 0 aliphatic rings. The molecule has 800 valence electrons. The molecule has 3 aromatic carbocycles. The minimum atomic E-state index is -1.22. The molecule has 8 aromatic heterocycles. The van der Waals surface area contributed by atoms with Crippen LogP contribution in [0.25, 0.3) is 32.5 Å². The fourth-order valence-electron chi connectivity index (χ4n) is 13.2. The van der Waals surface area contributed by atoms with Crippen LogP contribution in [0.5, 0.6) is 0 Å². The minimum absolute atomic E-state index is 0.00914. The van der Waals surface area contributed by atoms with Crippen LogP contribution >= 0.6 is 22.9 Å². The lowest BCUT2D eigenvalue weighted by atomic mass is 9.99. The lowest BCUT2D eigenvalue weighted by Gasteiger charge is -2.18. The third-order valence-corrected chi connectivity index (χ3v) is 23.0. The zero-order chi connectivity index (χ0) is 109. The van der Waals surface area contributed by atoms with Crippen LogP contribution < -0.4 is 53.2 Å². The van der Waals surface area contributed by atoms with E-state index in [1.807, 2.05) is 77.9 Å². The number of non-ortho nitro benzene ring substituents is 2.